The minimum Gasteiger partial charge on any atom is -0.492 e. The zero-order valence-corrected chi connectivity index (χ0v) is 16.7. The van der Waals surface area contributed by atoms with E-state index in [1.54, 1.807) is 0 Å². The lowest BCUT2D eigenvalue weighted by Gasteiger charge is -2.38. The summed E-state index contributed by atoms with van der Waals surface area (Å²) in [7, 11) is 0. The number of rotatable bonds is 5. The number of nitrogens with one attached hydrogen (secondary N) is 1. The summed E-state index contributed by atoms with van der Waals surface area (Å²) >= 11 is 0. The minimum atomic E-state index is -0.0918. The van der Waals surface area contributed by atoms with Gasteiger partial charge in [-0.1, -0.05) is 12.1 Å². The van der Waals surface area contributed by atoms with E-state index in [1.165, 1.54) is 23.7 Å². The van der Waals surface area contributed by atoms with Crippen LogP contribution in [0.4, 0.5) is 17.1 Å². The molecule has 2 aromatic carbocycles. The molecule has 0 atom stereocenters. The number of aryl methyl sites for hydroxylation is 1. The summed E-state index contributed by atoms with van der Waals surface area (Å²) in [6.07, 6.45) is 0. The van der Waals surface area contributed by atoms with E-state index >= 15 is 0 Å². The van der Waals surface area contributed by atoms with Crippen molar-refractivity contribution in [1.82, 2.24) is 0 Å². The highest BCUT2D eigenvalue weighted by molar-refractivity contribution is 5.90. The summed E-state index contributed by atoms with van der Waals surface area (Å²) in [6.45, 7) is 12.3. The van der Waals surface area contributed by atoms with Crippen LogP contribution in [-0.4, -0.2) is 38.7 Å². The normalized spacial score (nSPS) is 14.2. The summed E-state index contributed by atoms with van der Waals surface area (Å²) in [5.41, 5.74) is 5.90. The van der Waals surface area contributed by atoms with Crippen LogP contribution in [0.15, 0.2) is 36.4 Å². The molecule has 3 rings (SSSR count). The van der Waals surface area contributed by atoms with Gasteiger partial charge in [-0.2, -0.15) is 0 Å². The maximum atomic E-state index is 11.4. The highest BCUT2D eigenvalue weighted by atomic mass is 16.5. The summed E-state index contributed by atoms with van der Waals surface area (Å²) in [5.74, 6) is 0.632. The molecule has 1 fully saturated rings. The van der Waals surface area contributed by atoms with Gasteiger partial charge in [0.15, 0.2) is 0 Å². The van der Waals surface area contributed by atoms with Crippen LogP contribution in [0.1, 0.15) is 25.0 Å². The first-order chi connectivity index (χ1) is 13.0. The quantitative estimate of drug-likeness (QED) is 0.868. The summed E-state index contributed by atoms with van der Waals surface area (Å²) < 4.78 is 5.74. The molecule has 1 saturated heterocycles. The maximum absolute atomic E-state index is 11.4. The minimum absolute atomic E-state index is 0.0918. The lowest BCUT2D eigenvalue weighted by molar-refractivity contribution is -0.114. The molecule has 2 aromatic rings. The number of carbonyl (C=O) groups excluding carboxylic acids is 1. The van der Waals surface area contributed by atoms with E-state index in [0.29, 0.717) is 6.61 Å². The van der Waals surface area contributed by atoms with Crippen molar-refractivity contribution in [1.29, 1.82) is 0 Å². The molecule has 1 aliphatic rings. The Hall–Kier alpha value is -2.69. The van der Waals surface area contributed by atoms with Crippen molar-refractivity contribution in [2.75, 3.05) is 47.9 Å². The molecule has 0 aromatic heterocycles. The van der Waals surface area contributed by atoms with Crippen molar-refractivity contribution in [3.8, 4) is 5.75 Å². The molecule has 0 radical (unpaired) electrons. The number of piperazine rings is 1. The molecular weight excluding hydrogens is 338 g/mol. The Morgan fingerprint density at radius 3 is 2.44 bits per heavy atom. The first-order valence-electron chi connectivity index (χ1n) is 9.60. The van der Waals surface area contributed by atoms with Crippen LogP contribution < -0.4 is 19.9 Å². The van der Waals surface area contributed by atoms with E-state index in [-0.39, 0.29) is 5.91 Å². The van der Waals surface area contributed by atoms with Crippen LogP contribution >= 0.6 is 0 Å². The molecule has 5 heteroatoms. The highest BCUT2D eigenvalue weighted by Gasteiger charge is 2.20. The van der Waals surface area contributed by atoms with Gasteiger partial charge in [0.2, 0.25) is 5.91 Å². The SMILES string of the molecule is CCOc1cc(N2CCN(c3cccc(C)c3C)CC2)ccc1NC(C)=O. The Morgan fingerprint density at radius 1 is 1.07 bits per heavy atom. The second-order valence-electron chi connectivity index (χ2n) is 6.99. The molecule has 0 saturated carbocycles. The fourth-order valence-corrected chi connectivity index (χ4v) is 3.56. The topological polar surface area (TPSA) is 44.8 Å². The third-order valence-corrected chi connectivity index (χ3v) is 5.14. The Kier molecular flexibility index (Phi) is 5.89. The molecule has 0 bridgehead atoms. The fourth-order valence-electron chi connectivity index (χ4n) is 3.56. The van der Waals surface area contributed by atoms with Gasteiger partial charge < -0.3 is 19.9 Å². The van der Waals surface area contributed by atoms with E-state index in [4.69, 9.17) is 4.74 Å². The van der Waals surface area contributed by atoms with E-state index in [9.17, 15) is 4.79 Å². The average molecular weight is 367 g/mol. The van der Waals surface area contributed by atoms with Crippen LogP contribution in [0.2, 0.25) is 0 Å². The molecule has 1 N–H and O–H groups in total. The van der Waals surface area contributed by atoms with Gasteiger partial charge >= 0.3 is 0 Å². The molecule has 1 amide bonds. The van der Waals surface area contributed by atoms with Crippen molar-refractivity contribution >= 4 is 23.0 Å². The zero-order valence-electron chi connectivity index (χ0n) is 16.7. The Bertz CT molecular complexity index is 811. The molecule has 1 heterocycles. The van der Waals surface area contributed by atoms with Gasteiger partial charge in [0.25, 0.3) is 0 Å². The van der Waals surface area contributed by atoms with Crippen molar-refractivity contribution in [3.05, 3.63) is 47.5 Å². The lowest BCUT2D eigenvalue weighted by atomic mass is 10.1. The predicted molar refractivity (Wildman–Crippen MR) is 112 cm³/mol. The Labute approximate surface area is 161 Å². The van der Waals surface area contributed by atoms with Crippen LogP contribution in [0, 0.1) is 13.8 Å². The van der Waals surface area contributed by atoms with Gasteiger partial charge in [-0.05, 0) is 50.1 Å². The number of hydrogen-bond donors (Lipinski definition) is 1. The molecular formula is C22H29N3O2. The zero-order chi connectivity index (χ0) is 19.4. The number of hydrogen-bond acceptors (Lipinski definition) is 4. The molecule has 0 spiro atoms. The summed E-state index contributed by atoms with van der Waals surface area (Å²) in [5, 5.41) is 2.84. The third-order valence-electron chi connectivity index (χ3n) is 5.14. The monoisotopic (exact) mass is 367 g/mol. The van der Waals surface area contributed by atoms with E-state index in [1.807, 2.05) is 19.1 Å². The van der Waals surface area contributed by atoms with E-state index in [2.05, 4.69) is 53.2 Å². The first kappa shape index (κ1) is 19.1. The van der Waals surface area contributed by atoms with E-state index < -0.39 is 0 Å². The van der Waals surface area contributed by atoms with Gasteiger partial charge in [0, 0.05) is 50.5 Å². The Balaban J connectivity index is 1.73. The second kappa shape index (κ2) is 8.33. The summed E-state index contributed by atoms with van der Waals surface area (Å²) in [6, 6.07) is 12.5. The number of carbonyl (C=O) groups is 1. The van der Waals surface area contributed by atoms with Crippen LogP contribution in [0.3, 0.4) is 0 Å². The largest absolute Gasteiger partial charge is 0.492 e. The lowest BCUT2D eigenvalue weighted by Crippen LogP contribution is -2.46. The van der Waals surface area contributed by atoms with Gasteiger partial charge in [0.05, 0.1) is 12.3 Å². The van der Waals surface area contributed by atoms with Crippen LogP contribution in [0.25, 0.3) is 0 Å². The number of ether oxygens (including phenoxy) is 1. The van der Waals surface area contributed by atoms with Gasteiger partial charge in [0.1, 0.15) is 5.75 Å². The standard InChI is InChI=1S/C22H29N3O2/c1-5-27-22-15-19(9-10-20(22)23-18(4)26)24-11-13-25(14-12-24)21-8-6-7-16(2)17(21)3/h6-10,15H,5,11-14H2,1-4H3,(H,23,26). The number of nitrogens with zero attached hydrogens (tertiary/aromatic N) is 2. The highest BCUT2D eigenvalue weighted by Crippen LogP contribution is 2.31. The van der Waals surface area contributed by atoms with Crippen LogP contribution in [0.5, 0.6) is 5.75 Å². The van der Waals surface area contributed by atoms with Crippen LogP contribution in [-0.2, 0) is 4.79 Å². The number of anilines is 3. The summed E-state index contributed by atoms with van der Waals surface area (Å²) in [4.78, 5) is 16.2. The molecule has 1 aliphatic heterocycles. The molecule has 27 heavy (non-hydrogen) atoms. The second-order valence-corrected chi connectivity index (χ2v) is 6.99. The number of benzene rings is 2. The smallest absolute Gasteiger partial charge is 0.221 e. The average Bonchev–Trinajstić information content (AvgIpc) is 2.65. The fraction of sp³-hybridized carbons (Fsp3) is 0.409. The van der Waals surface area contributed by atoms with Crippen molar-refractivity contribution in [3.63, 3.8) is 0 Å². The molecule has 0 aliphatic carbocycles. The maximum Gasteiger partial charge on any atom is 0.221 e. The van der Waals surface area contributed by atoms with Crippen molar-refractivity contribution < 1.29 is 9.53 Å². The molecule has 144 valence electrons. The van der Waals surface area contributed by atoms with Gasteiger partial charge in [-0.15, -0.1) is 0 Å². The Morgan fingerprint density at radius 2 is 1.78 bits per heavy atom. The van der Waals surface area contributed by atoms with Crippen molar-refractivity contribution in [2.24, 2.45) is 0 Å². The first-order valence-corrected chi connectivity index (χ1v) is 9.60. The third kappa shape index (κ3) is 4.35. The van der Waals surface area contributed by atoms with E-state index in [0.717, 1.165) is 43.3 Å². The van der Waals surface area contributed by atoms with Gasteiger partial charge in [-0.3, -0.25) is 4.79 Å². The molecule has 0 unspecified atom stereocenters. The van der Waals surface area contributed by atoms with Crippen molar-refractivity contribution in [2.45, 2.75) is 27.7 Å². The van der Waals surface area contributed by atoms with Gasteiger partial charge in [-0.25, -0.2) is 0 Å². The predicted octanol–water partition coefficient (Wildman–Crippen LogP) is 3.99. The number of amides is 1. The molecule has 5 nitrogen and oxygen atoms in total.